The van der Waals surface area contributed by atoms with E-state index in [1.807, 2.05) is 35.0 Å². The molecule has 2 aromatic rings. The third-order valence-electron chi connectivity index (χ3n) is 3.33. The van der Waals surface area contributed by atoms with Gasteiger partial charge in [0.25, 0.3) is 0 Å². The molecule has 1 N–H and O–H groups in total. The lowest BCUT2D eigenvalue weighted by molar-refractivity contribution is 0.415. The maximum atomic E-state index is 6.41. The molecule has 2 heterocycles. The molecule has 1 atom stereocenters. The van der Waals surface area contributed by atoms with E-state index < -0.39 is 0 Å². The molecule has 0 amide bonds. The number of nitrogens with zero attached hydrogens (tertiary/aromatic N) is 3. The summed E-state index contributed by atoms with van der Waals surface area (Å²) >= 11 is 8.02. The number of benzene rings is 1. The molecular weight excluding hydrogens is 320 g/mol. The van der Waals surface area contributed by atoms with Crippen LogP contribution in [0, 0.1) is 0 Å². The first-order chi connectivity index (χ1) is 10.7. The quantitative estimate of drug-likeness (QED) is 0.905. The van der Waals surface area contributed by atoms with Gasteiger partial charge in [0.2, 0.25) is 5.16 Å². The molecule has 1 aromatic carbocycles. The third kappa shape index (κ3) is 3.08. The summed E-state index contributed by atoms with van der Waals surface area (Å²) in [6.07, 6.45) is 3.93. The topological polar surface area (TPSA) is 52.0 Å². The van der Waals surface area contributed by atoms with E-state index in [1.54, 1.807) is 18.9 Å². The highest BCUT2D eigenvalue weighted by atomic mass is 35.5. The fraction of sp³-hybridized carbons (Fsp3) is 0.333. The van der Waals surface area contributed by atoms with Crippen molar-refractivity contribution >= 4 is 28.4 Å². The molecule has 1 unspecified atom stereocenters. The van der Waals surface area contributed by atoms with E-state index in [-0.39, 0.29) is 5.37 Å². The number of halogens is 1. The van der Waals surface area contributed by atoms with Gasteiger partial charge in [-0.15, -0.1) is 10.2 Å². The number of aryl methyl sites for hydroxylation is 1. The highest BCUT2D eigenvalue weighted by molar-refractivity contribution is 8.00. The molecule has 5 nitrogen and oxygen atoms in total. The molecule has 0 saturated heterocycles. The van der Waals surface area contributed by atoms with Crippen molar-refractivity contribution in [1.29, 1.82) is 0 Å². The summed E-state index contributed by atoms with van der Waals surface area (Å²) in [5, 5.41) is 10.0. The molecule has 0 radical (unpaired) electrons. The number of thioether (sulfide) groups is 1. The minimum absolute atomic E-state index is 0.0516. The Balaban J connectivity index is 1.73. The number of hydrogen-bond donors (Lipinski definition) is 1. The molecule has 0 fully saturated rings. The van der Waals surface area contributed by atoms with Crippen molar-refractivity contribution in [2.24, 2.45) is 0 Å². The number of aromatic nitrogens is 3. The van der Waals surface area contributed by atoms with Gasteiger partial charge in [-0.2, -0.15) is 0 Å². The van der Waals surface area contributed by atoms with Gasteiger partial charge >= 0.3 is 0 Å². The first kappa shape index (κ1) is 15.2. The lowest BCUT2D eigenvalue weighted by atomic mass is 10.2. The first-order valence-electron chi connectivity index (χ1n) is 7.10. The Kier molecular flexibility index (Phi) is 4.59. The molecule has 7 heteroatoms. The maximum absolute atomic E-state index is 6.41. The van der Waals surface area contributed by atoms with Crippen molar-refractivity contribution < 1.29 is 4.74 Å². The monoisotopic (exact) mass is 336 g/mol. The predicted octanol–water partition coefficient (Wildman–Crippen LogP) is 3.49. The normalized spacial score (nSPS) is 17.2. The predicted molar refractivity (Wildman–Crippen MR) is 89.8 cm³/mol. The maximum Gasteiger partial charge on any atom is 0.212 e. The van der Waals surface area contributed by atoms with Gasteiger partial charge in [0.1, 0.15) is 11.1 Å². The molecule has 0 aliphatic carbocycles. The second-order valence-electron chi connectivity index (χ2n) is 4.89. The van der Waals surface area contributed by atoms with Gasteiger partial charge in [-0.3, -0.25) is 0 Å². The Labute approximate surface area is 138 Å². The second-order valence-corrected chi connectivity index (χ2v) is 6.41. The van der Waals surface area contributed by atoms with Crippen LogP contribution in [0.1, 0.15) is 24.7 Å². The summed E-state index contributed by atoms with van der Waals surface area (Å²) in [6, 6.07) is 7.68. The molecule has 1 aromatic heterocycles. The van der Waals surface area contributed by atoms with Crippen molar-refractivity contribution in [3.63, 3.8) is 0 Å². The number of rotatable bonds is 5. The Hall–Kier alpha value is -1.66. The molecule has 0 spiro atoms. The minimum atomic E-state index is 0.0516. The van der Waals surface area contributed by atoms with Gasteiger partial charge in [-0.25, -0.2) is 4.68 Å². The minimum Gasteiger partial charge on any atom is -0.497 e. The van der Waals surface area contributed by atoms with Crippen molar-refractivity contribution in [3.05, 3.63) is 41.7 Å². The third-order valence-corrected chi connectivity index (χ3v) is 4.64. The Morgan fingerprint density at radius 1 is 1.41 bits per heavy atom. The lowest BCUT2D eigenvalue weighted by Gasteiger charge is -2.09. The van der Waals surface area contributed by atoms with Crippen LogP contribution in [-0.4, -0.2) is 27.4 Å². The molecule has 0 saturated carbocycles. The van der Waals surface area contributed by atoms with Crippen LogP contribution >= 0.6 is 23.4 Å². The molecular formula is C15H17ClN4OS. The number of methoxy groups -OCH3 is 1. The Morgan fingerprint density at radius 2 is 2.18 bits per heavy atom. The highest BCUT2D eigenvalue weighted by Gasteiger charge is 2.24. The summed E-state index contributed by atoms with van der Waals surface area (Å²) in [7, 11) is 1.65. The molecule has 1 aliphatic rings. The zero-order chi connectivity index (χ0) is 15.5. The van der Waals surface area contributed by atoms with E-state index in [0.29, 0.717) is 5.03 Å². The highest BCUT2D eigenvalue weighted by Crippen LogP contribution is 2.32. The van der Waals surface area contributed by atoms with Crippen LogP contribution in [0.25, 0.3) is 5.03 Å². The Bertz CT molecular complexity index is 683. The van der Waals surface area contributed by atoms with E-state index in [1.165, 1.54) is 0 Å². The van der Waals surface area contributed by atoms with Gasteiger partial charge in [-0.05, 0) is 42.3 Å². The molecule has 1 aliphatic heterocycles. The SMILES string of the molecule is CCCc1nnc2n1NC(/C=C(\Cl)c1ccc(OC)cc1)S2. The summed E-state index contributed by atoms with van der Waals surface area (Å²) < 4.78 is 7.10. The number of fused-ring (bicyclic) bond motifs is 1. The van der Waals surface area contributed by atoms with Crippen molar-refractivity contribution in [2.75, 3.05) is 12.5 Å². The largest absolute Gasteiger partial charge is 0.497 e. The smallest absolute Gasteiger partial charge is 0.212 e. The van der Waals surface area contributed by atoms with Gasteiger partial charge in [0, 0.05) is 11.5 Å². The van der Waals surface area contributed by atoms with Gasteiger partial charge < -0.3 is 10.2 Å². The molecule has 3 rings (SSSR count). The Morgan fingerprint density at radius 3 is 2.86 bits per heavy atom. The van der Waals surface area contributed by atoms with Crippen molar-refractivity contribution in [3.8, 4) is 5.75 Å². The zero-order valence-corrected chi connectivity index (χ0v) is 14.0. The van der Waals surface area contributed by atoms with E-state index in [2.05, 4.69) is 22.5 Å². The molecule has 0 bridgehead atoms. The average molecular weight is 337 g/mol. The molecule has 116 valence electrons. The van der Waals surface area contributed by atoms with Crippen molar-refractivity contribution in [2.45, 2.75) is 30.3 Å². The second kappa shape index (κ2) is 6.62. The summed E-state index contributed by atoms with van der Waals surface area (Å²) in [6.45, 7) is 2.13. The van der Waals surface area contributed by atoms with Crippen LogP contribution in [0.5, 0.6) is 5.75 Å². The fourth-order valence-corrected chi connectivity index (χ4v) is 3.48. The van der Waals surface area contributed by atoms with Crippen LogP contribution in [0.4, 0.5) is 0 Å². The van der Waals surface area contributed by atoms with E-state index in [4.69, 9.17) is 16.3 Å². The summed E-state index contributed by atoms with van der Waals surface area (Å²) in [4.78, 5) is 0. The van der Waals surface area contributed by atoms with Crippen LogP contribution in [0.15, 0.2) is 35.5 Å². The number of hydrogen-bond acceptors (Lipinski definition) is 5. The van der Waals surface area contributed by atoms with E-state index in [9.17, 15) is 0 Å². The van der Waals surface area contributed by atoms with Crippen molar-refractivity contribution in [1.82, 2.24) is 14.9 Å². The van der Waals surface area contributed by atoms with Crippen LogP contribution in [0.2, 0.25) is 0 Å². The van der Waals surface area contributed by atoms with Gasteiger partial charge in [0.15, 0.2) is 5.82 Å². The average Bonchev–Trinajstić information content (AvgIpc) is 3.09. The van der Waals surface area contributed by atoms with E-state index >= 15 is 0 Å². The first-order valence-corrected chi connectivity index (χ1v) is 8.36. The summed E-state index contributed by atoms with van der Waals surface area (Å²) in [5.74, 6) is 1.78. The zero-order valence-electron chi connectivity index (χ0n) is 12.4. The lowest BCUT2D eigenvalue weighted by Crippen LogP contribution is -2.19. The van der Waals surface area contributed by atoms with Crippen LogP contribution in [0.3, 0.4) is 0 Å². The fourth-order valence-electron chi connectivity index (χ4n) is 2.21. The van der Waals surface area contributed by atoms with Crippen LogP contribution < -0.4 is 10.2 Å². The summed E-state index contributed by atoms with van der Waals surface area (Å²) in [5.41, 5.74) is 4.32. The van der Waals surface area contributed by atoms with Crippen LogP contribution in [-0.2, 0) is 6.42 Å². The number of nitrogens with one attached hydrogen (secondary N) is 1. The molecule has 22 heavy (non-hydrogen) atoms. The number of ether oxygens (including phenoxy) is 1. The van der Waals surface area contributed by atoms with Gasteiger partial charge in [0.05, 0.1) is 7.11 Å². The van der Waals surface area contributed by atoms with Gasteiger partial charge in [-0.1, -0.05) is 30.3 Å². The van der Waals surface area contributed by atoms with E-state index in [0.717, 1.165) is 35.1 Å². The standard InChI is InChI=1S/C15H17ClN4OS/c1-3-4-13-17-18-15-20(13)19-14(22-15)9-12(16)10-5-7-11(21-2)8-6-10/h5-9,14,19H,3-4H2,1-2H3/b12-9-.